The van der Waals surface area contributed by atoms with Crippen LogP contribution in [0.3, 0.4) is 0 Å². The molecule has 1 aliphatic rings. The van der Waals surface area contributed by atoms with Gasteiger partial charge in [-0.1, -0.05) is 0 Å². The van der Waals surface area contributed by atoms with Crippen molar-refractivity contribution in [2.45, 2.75) is 17.9 Å². The number of hydrogen-bond acceptors (Lipinski definition) is 4. The summed E-state index contributed by atoms with van der Waals surface area (Å²) in [6.07, 6.45) is 0. The lowest BCUT2D eigenvalue weighted by atomic mass is 10.0. The van der Waals surface area contributed by atoms with Gasteiger partial charge in [-0.25, -0.2) is 8.42 Å². The summed E-state index contributed by atoms with van der Waals surface area (Å²) in [6.45, 7) is 1.93. The Balaban J connectivity index is 2.61. The van der Waals surface area contributed by atoms with Crippen LogP contribution in [-0.2, 0) is 9.84 Å². The molecule has 2 rings (SSSR count). The van der Waals surface area contributed by atoms with Gasteiger partial charge in [-0.15, -0.1) is 0 Å². The Morgan fingerprint density at radius 1 is 1.35 bits per heavy atom. The van der Waals surface area contributed by atoms with E-state index in [0.717, 1.165) is 11.1 Å². The van der Waals surface area contributed by atoms with Crippen LogP contribution < -0.4 is 10.1 Å². The van der Waals surface area contributed by atoms with E-state index in [0.29, 0.717) is 10.6 Å². The second kappa shape index (κ2) is 4.16. The van der Waals surface area contributed by atoms with Crippen LogP contribution >= 0.6 is 0 Å². The normalized spacial score (nSPS) is 18.4. The third kappa shape index (κ3) is 1.96. The predicted molar refractivity (Wildman–Crippen MR) is 66.7 cm³/mol. The molecule has 0 aliphatic carbocycles. The average Bonchev–Trinajstić information content (AvgIpc) is 2.60. The van der Waals surface area contributed by atoms with Crippen molar-refractivity contribution in [3.8, 4) is 5.75 Å². The number of ether oxygens (including phenoxy) is 1. The van der Waals surface area contributed by atoms with Crippen LogP contribution in [0.2, 0.25) is 0 Å². The van der Waals surface area contributed by atoms with Gasteiger partial charge in [-0.3, -0.25) is 0 Å². The van der Waals surface area contributed by atoms with Crippen LogP contribution in [0.1, 0.15) is 12.5 Å². The largest absolute Gasteiger partial charge is 0.497 e. The first kappa shape index (κ1) is 12.1. The fraction of sp³-hybridized carbons (Fsp3) is 0.333. The summed E-state index contributed by atoms with van der Waals surface area (Å²) in [5, 5.41) is 4.38. The zero-order valence-electron chi connectivity index (χ0n) is 10.0. The summed E-state index contributed by atoms with van der Waals surface area (Å²) in [5.41, 5.74) is 1.55. The van der Waals surface area contributed by atoms with Crippen LogP contribution in [0.4, 0.5) is 0 Å². The van der Waals surface area contributed by atoms with E-state index in [4.69, 9.17) is 4.74 Å². The summed E-state index contributed by atoms with van der Waals surface area (Å²) in [4.78, 5) is 0.328. The average molecular weight is 253 g/mol. The number of sulfone groups is 1. The third-order valence-corrected chi connectivity index (χ3v) is 4.50. The summed E-state index contributed by atoms with van der Waals surface area (Å²) in [7, 11) is 0.00237. The maximum atomic E-state index is 12.0. The van der Waals surface area contributed by atoms with Crippen molar-refractivity contribution in [2.75, 3.05) is 14.2 Å². The van der Waals surface area contributed by atoms with Crippen LogP contribution in [-0.4, -0.2) is 28.6 Å². The molecule has 0 bridgehead atoms. The Morgan fingerprint density at radius 3 is 2.65 bits per heavy atom. The van der Waals surface area contributed by atoms with E-state index in [1.807, 2.05) is 6.92 Å². The smallest absolute Gasteiger partial charge is 0.200 e. The zero-order valence-corrected chi connectivity index (χ0v) is 10.8. The number of fused-ring (bicyclic) bond motifs is 1. The van der Waals surface area contributed by atoms with Gasteiger partial charge in [0.15, 0.2) is 0 Å². The van der Waals surface area contributed by atoms with Gasteiger partial charge in [0.25, 0.3) is 0 Å². The van der Waals surface area contributed by atoms with Gasteiger partial charge in [0.05, 0.1) is 12.0 Å². The molecule has 1 atom stereocenters. The third-order valence-electron chi connectivity index (χ3n) is 2.99. The van der Waals surface area contributed by atoms with E-state index in [1.165, 1.54) is 12.5 Å². The molecule has 1 aromatic rings. The highest BCUT2D eigenvalue weighted by Crippen LogP contribution is 2.37. The van der Waals surface area contributed by atoms with E-state index >= 15 is 0 Å². The lowest BCUT2D eigenvalue weighted by Crippen LogP contribution is -2.22. The molecule has 1 unspecified atom stereocenters. The second-order valence-corrected chi connectivity index (χ2v) is 5.76. The van der Waals surface area contributed by atoms with Gasteiger partial charge in [-0.2, -0.15) is 0 Å². The van der Waals surface area contributed by atoms with E-state index in [9.17, 15) is 8.42 Å². The van der Waals surface area contributed by atoms with E-state index in [2.05, 4.69) is 5.32 Å². The highest BCUT2D eigenvalue weighted by atomic mass is 32.2. The molecule has 1 aromatic carbocycles. The first-order chi connectivity index (χ1) is 7.99. The zero-order chi connectivity index (χ0) is 12.6. The van der Waals surface area contributed by atoms with Crippen molar-refractivity contribution in [2.24, 2.45) is 0 Å². The molecule has 0 saturated heterocycles. The molecule has 0 aromatic heterocycles. The first-order valence-electron chi connectivity index (χ1n) is 5.32. The van der Waals surface area contributed by atoms with E-state index in [-0.39, 0.29) is 6.04 Å². The maximum absolute atomic E-state index is 12.0. The molecule has 1 heterocycles. The molecule has 0 saturated carbocycles. The number of hydrogen-bond donors (Lipinski definition) is 1. The van der Waals surface area contributed by atoms with Crippen LogP contribution in [0.25, 0.3) is 5.57 Å². The van der Waals surface area contributed by atoms with Gasteiger partial charge >= 0.3 is 0 Å². The lowest BCUT2D eigenvalue weighted by Gasteiger charge is -2.12. The molecular weight excluding hydrogens is 238 g/mol. The Bertz CT molecular complexity index is 575. The molecule has 4 nitrogen and oxygen atoms in total. The Morgan fingerprint density at radius 2 is 2.06 bits per heavy atom. The SMILES string of the molecule is CNC(C)C1=CS(=O)(=O)c2cc(OC)ccc21. The summed E-state index contributed by atoms with van der Waals surface area (Å²) in [5.74, 6) is 0.555. The predicted octanol–water partition coefficient (Wildman–Crippen LogP) is 1.43. The highest BCUT2D eigenvalue weighted by Gasteiger charge is 2.29. The van der Waals surface area contributed by atoms with Crippen LogP contribution in [0.15, 0.2) is 28.5 Å². The molecule has 0 spiro atoms. The minimum absolute atomic E-state index is 0.000537. The lowest BCUT2D eigenvalue weighted by molar-refractivity contribution is 0.413. The van der Waals surface area contributed by atoms with Crippen LogP contribution in [0.5, 0.6) is 5.75 Å². The van der Waals surface area contributed by atoms with Crippen molar-refractivity contribution in [1.29, 1.82) is 0 Å². The molecule has 0 fully saturated rings. The Kier molecular flexibility index (Phi) is 2.97. The van der Waals surface area contributed by atoms with Crippen LogP contribution in [0, 0.1) is 0 Å². The molecule has 0 amide bonds. The summed E-state index contributed by atoms with van der Waals surface area (Å²) in [6, 6.07) is 5.13. The van der Waals surface area contributed by atoms with Crippen molar-refractivity contribution in [3.63, 3.8) is 0 Å². The van der Waals surface area contributed by atoms with Gasteiger partial charge in [-0.05, 0) is 43.3 Å². The topological polar surface area (TPSA) is 55.4 Å². The summed E-state index contributed by atoms with van der Waals surface area (Å²) < 4.78 is 29.0. The molecule has 5 heteroatoms. The molecule has 1 aliphatic heterocycles. The first-order valence-corrected chi connectivity index (χ1v) is 6.86. The molecule has 92 valence electrons. The molecule has 1 N–H and O–H groups in total. The second-order valence-electron chi connectivity index (χ2n) is 3.99. The summed E-state index contributed by atoms with van der Waals surface area (Å²) >= 11 is 0. The van der Waals surface area contributed by atoms with E-state index < -0.39 is 9.84 Å². The van der Waals surface area contributed by atoms with Gasteiger partial charge in [0.2, 0.25) is 9.84 Å². The van der Waals surface area contributed by atoms with Gasteiger partial charge < -0.3 is 10.1 Å². The fourth-order valence-electron chi connectivity index (χ4n) is 1.89. The van der Waals surface area contributed by atoms with Gasteiger partial charge in [0, 0.05) is 11.4 Å². The number of methoxy groups -OCH3 is 1. The van der Waals surface area contributed by atoms with Crippen molar-refractivity contribution in [1.82, 2.24) is 5.32 Å². The minimum Gasteiger partial charge on any atom is -0.497 e. The standard InChI is InChI=1S/C12H15NO3S/c1-8(13-2)11-7-17(14,15)12-6-9(16-3)4-5-10(11)12/h4-8,13H,1-3H3. The monoisotopic (exact) mass is 253 g/mol. The number of likely N-dealkylation sites (N-methyl/N-ethyl adjacent to an activating group) is 1. The fourth-order valence-corrected chi connectivity index (χ4v) is 3.45. The Labute approximate surface area is 101 Å². The molecule has 0 radical (unpaired) electrons. The highest BCUT2D eigenvalue weighted by molar-refractivity contribution is 7.95. The number of rotatable bonds is 3. The van der Waals surface area contributed by atoms with Crippen molar-refractivity contribution in [3.05, 3.63) is 29.2 Å². The number of nitrogens with one attached hydrogen (secondary N) is 1. The molecule has 17 heavy (non-hydrogen) atoms. The van der Waals surface area contributed by atoms with Crippen molar-refractivity contribution < 1.29 is 13.2 Å². The minimum atomic E-state index is -3.32. The van der Waals surface area contributed by atoms with Crippen molar-refractivity contribution >= 4 is 15.4 Å². The van der Waals surface area contributed by atoms with E-state index in [1.54, 1.807) is 25.2 Å². The number of benzene rings is 1. The Hall–Kier alpha value is -1.33. The molecular formula is C12H15NO3S. The quantitative estimate of drug-likeness (QED) is 0.885. The maximum Gasteiger partial charge on any atom is 0.200 e. The van der Waals surface area contributed by atoms with Gasteiger partial charge in [0.1, 0.15) is 5.75 Å².